The number of piperidine rings is 1. The summed E-state index contributed by atoms with van der Waals surface area (Å²) in [6.45, 7) is 3.80. The van der Waals surface area contributed by atoms with E-state index in [0.29, 0.717) is 12.3 Å². The lowest BCUT2D eigenvalue weighted by atomic mass is 9.93. The van der Waals surface area contributed by atoms with Crippen LogP contribution in [0.4, 0.5) is 5.69 Å². The van der Waals surface area contributed by atoms with Crippen LogP contribution in [-0.2, 0) is 19.4 Å². The van der Waals surface area contributed by atoms with Crippen LogP contribution in [0.5, 0.6) is 0 Å². The molecule has 2 rings (SSSR count). The fourth-order valence-corrected chi connectivity index (χ4v) is 3.63. The van der Waals surface area contributed by atoms with Gasteiger partial charge in [0.2, 0.25) is 5.91 Å². The predicted molar refractivity (Wildman–Crippen MR) is 106 cm³/mol. The molecule has 1 aliphatic heterocycles. The highest BCUT2D eigenvalue weighted by Gasteiger charge is 2.17. The number of nitrogens with one attached hydrogen (secondary N) is 2. The smallest absolute Gasteiger partial charge is 0.338 e. The number of amides is 1. The molecule has 1 heterocycles. The second-order valence-corrected chi connectivity index (χ2v) is 8.53. The first-order valence-electron chi connectivity index (χ1n) is 8.82. The van der Waals surface area contributed by atoms with Crippen LogP contribution < -0.4 is 10.6 Å². The third kappa shape index (κ3) is 7.48. The van der Waals surface area contributed by atoms with Gasteiger partial charge in [-0.1, -0.05) is 0 Å². The quantitative estimate of drug-likeness (QED) is 0.659. The van der Waals surface area contributed by atoms with Gasteiger partial charge in [0, 0.05) is 18.4 Å². The van der Waals surface area contributed by atoms with E-state index in [-0.39, 0.29) is 41.1 Å². The minimum Gasteiger partial charge on any atom is -0.462 e. The zero-order valence-corrected chi connectivity index (χ0v) is 17.2. The molecule has 0 unspecified atom stereocenters. The van der Waals surface area contributed by atoms with Gasteiger partial charge in [-0.25, -0.2) is 13.2 Å². The maximum atomic E-state index is 12.2. The molecule has 9 heteroatoms. The molecule has 0 saturated carbocycles. The molecular weight excluding hydrogens is 392 g/mol. The first-order chi connectivity index (χ1) is 12.3. The van der Waals surface area contributed by atoms with Crippen molar-refractivity contribution in [1.82, 2.24) is 5.32 Å². The summed E-state index contributed by atoms with van der Waals surface area (Å²) in [5.41, 5.74) is 0.384. The molecule has 7 nitrogen and oxygen atoms in total. The number of sulfone groups is 1. The summed E-state index contributed by atoms with van der Waals surface area (Å²) in [6, 6.07) is 4.06. The van der Waals surface area contributed by atoms with Crippen LogP contribution in [0.25, 0.3) is 0 Å². The first kappa shape index (κ1) is 23.4. The second kappa shape index (κ2) is 10.6. The summed E-state index contributed by atoms with van der Waals surface area (Å²) in [6.07, 6.45) is 4.33. The van der Waals surface area contributed by atoms with E-state index in [1.807, 2.05) is 0 Å². The average molecular weight is 419 g/mol. The Morgan fingerprint density at radius 1 is 1.22 bits per heavy atom. The molecule has 1 fully saturated rings. The molecule has 1 aromatic carbocycles. The Balaban J connectivity index is 0.00000364. The van der Waals surface area contributed by atoms with Crippen LogP contribution in [-0.4, -0.2) is 46.2 Å². The number of hydrogen-bond acceptors (Lipinski definition) is 6. The molecule has 1 saturated heterocycles. The molecule has 152 valence electrons. The third-order valence-corrected chi connectivity index (χ3v) is 5.46. The topological polar surface area (TPSA) is 102 Å². The summed E-state index contributed by atoms with van der Waals surface area (Å²) in [7, 11) is -3.53. The van der Waals surface area contributed by atoms with E-state index in [9.17, 15) is 18.0 Å². The number of ether oxygens (including phenoxy) is 1. The van der Waals surface area contributed by atoms with E-state index in [1.54, 1.807) is 6.92 Å². The van der Waals surface area contributed by atoms with Gasteiger partial charge in [0.25, 0.3) is 0 Å². The van der Waals surface area contributed by atoms with Gasteiger partial charge in [0.15, 0.2) is 9.84 Å². The van der Waals surface area contributed by atoms with Crippen LogP contribution in [0.3, 0.4) is 0 Å². The van der Waals surface area contributed by atoms with Gasteiger partial charge in [0.05, 0.1) is 17.1 Å². The van der Waals surface area contributed by atoms with E-state index in [2.05, 4.69) is 10.6 Å². The summed E-state index contributed by atoms with van der Waals surface area (Å²) in [5.74, 6) is -0.286. The van der Waals surface area contributed by atoms with Gasteiger partial charge in [-0.3, -0.25) is 4.79 Å². The number of benzene rings is 1. The van der Waals surface area contributed by atoms with Crippen molar-refractivity contribution in [3.8, 4) is 0 Å². The normalized spacial score (nSPS) is 14.9. The van der Waals surface area contributed by atoms with E-state index >= 15 is 0 Å². The van der Waals surface area contributed by atoms with Gasteiger partial charge in [-0.05, 0) is 63.4 Å². The predicted octanol–water partition coefficient (Wildman–Crippen LogP) is 2.41. The zero-order valence-electron chi connectivity index (χ0n) is 15.6. The Hall–Kier alpha value is -1.64. The fourth-order valence-electron chi connectivity index (χ4n) is 2.95. The van der Waals surface area contributed by atoms with Crippen LogP contribution in [0.2, 0.25) is 0 Å². The molecule has 1 amide bonds. The molecule has 27 heavy (non-hydrogen) atoms. The van der Waals surface area contributed by atoms with Crippen molar-refractivity contribution in [2.45, 2.75) is 37.5 Å². The van der Waals surface area contributed by atoms with Gasteiger partial charge >= 0.3 is 5.97 Å². The molecule has 0 atom stereocenters. The van der Waals surface area contributed by atoms with Gasteiger partial charge in [-0.2, -0.15) is 0 Å². The van der Waals surface area contributed by atoms with Crippen molar-refractivity contribution in [2.24, 2.45) is 5.92 Å². The lowest BCUT2D eigenvalue weighted by Gasteiger charge is -2.22. The molecule has 1 aliphatic rings. The van der Waals surface area contributed by atoms with E-state index < -0.39 is 15.8 Å². The Bertz CT molecular complexity index is 761. The third-order valence-electron chi connectivity index (χ3n) is 4.37. The van der Waals surface area contributed by atoms with Crippen LogP contribution in [0.1, 0.15) is 43.0 Å². The van der Waals surface area contributed by atoms with Crippen molar-refractivity contribution in [1.29, 1.82) is 0 Å². The standard InChI is InChI=1S/C18H26N2O5S.ClH/c1-3-25-18(22)14-10-15(12-16(11-14)26(2,23)24)20-17(21)5-4-13-6-8-19-9-7-13;/h10-13,19H,3-9H2,1-2H3,(H,20,21);1H. The number of carbonyl (C=O) groups excluding carboxylic acids is 2. The van der Waals surface area contributed by atoms with Crippen molar-refractivity contribution < 1.29 is 22.7 Å². The van der Waals surface area contributed by atoms with Crippen molar-refractivity contribution in [3.63, 3.8) is 0 Å². The maximum absolute atomic E-state index is 12.2. The summed E-state index contributed by atoms with van der Waals surface area (Å²) < 4.78 is 28.7. The van der Waals surface area contributed by atoms with E-state index in [4.69, 9.17) is 4.74 Å². The minimum atomic E-state index is -3.53. The summed E-state index contributed by atoms with van der Waals surface area (Å²) in [4.78, 5) is 24.2. The van der Waals surface area contributed by atoms with Crippen molar-refractivity contribution in [2.75, 3.05) is 31.3 Å². The minimum absolute atomic E-state index is 0. The monoisotopic (exact) mass is 418 g/mol. The van der Waals surface area contributed by atoms with Crippen molar-refractivity contribution >= 4 is 39.8 Å². The SMILES string of the molecule is CCOC(=O)c1cc(NC(=O)CCC2CCNCC2)cc(S(C)(=O)=O)c1.Cl. The second-order valence-electron chi connectivity index (χ2n) is 6.52. The molecule has 2 N–H and O–H groups in total. The van der Waals surface area contributed by atoms with Gasteiger partial charge < -0.3 is 15.4 Å². The summed E-state index contributed by atoms with van der Waals surface area (Å²) >= 11 is 0. The molecular formula is C18H27ClN2O5S. The Labute approximate surface area is 166 Å². The van der Waals surface area contributed by atoms with Gasteiger partial charge in [0.1, 0.15) is 0 Å². The highest BCUT2D eigenvalue weighted by molar-refractivity contribution is 7.90. The average Bonchev–Trinajstić information content (AvgIpc) is 2.60. The Morgan fingerprint density at radius 3 is 2.48 bits per heavy atom. The summed E-state index contributed by atoms with van der Waals surface area (Å²) in [5, 5.41) is 5.99. The zero-order chi connectivity index (χ0) is 19.2. The number of rotatable bonds is 7. The highest BCUT2D eigenvalue weighted by atomic mass is 35.5. The van der Waals surface area contributed by atoms with Crippen LogP contribution in [0.15, 0.2) is 23.1 Å². The lowest BCUT2D eigenvalue weighted by Crippen LogP contribution is -2.28. The molecule has 0 bridgehead atoms. The molecule has 1 aromatic rings. The van der Waals surface area contributed by atoms with Gasteiger partial charge in [-0.15, -0.1) is 12.4 Å². The maximum Gasteiger partial charge on any atom is 0.338 e. The number of carbonyl (C=O) groups is 2. The molecule has 0 spiro atoms. The van der Waals surface area contributed by atoms with Crippen LogP contribution in [0, 0.1) is 5.92 Å². The Kier molecular flexibility index (Phi) is 9.21. The highest BCUT2D eigenvalue weighted by Crippen LogP contribution is 2.22. The number of anilines is 1. The largest absolute Gasteiger partial charge is 0.462 e. The molecule has 0 radical (unpaired) electrons. The number of esters is 1. The van der Waals surface area contributed by atoms with Crippen molar-refractivity contribution in [3.05, 3.63) is 23.8 Å². The fraction of sp³-hybridized carbons (Fsp3) is 0.556. The lowest BCUT2D eigenvalue weighted by molar-refractivity contribution is -0.116. The van der Waals surface area contributed by atoms with E-state index in [0.717, 1.165) is 38.6 Å². The molecule has 0 aromatic heterocycles. The Morgan fingerprint density at radius 2 is 1.89 bits per heavy atom. The van der Waals surface area contributed by atoms with E-state index in [1.165, 1.54) is 18.2 Å². The first-order valence-corrected chi connectivity index (χ1v) is 10.7. The molecule has 0 aliphatic carbocycles. The number of hydrogen-bond donors (Lipinski definition) is 2. The number of halogens is 1. The van der Waals surface area contributed by atoms with Crippen LogP contribution >= 0.6 is 12.4 Å².